The van der Waals surface area contributed by atoms with Gasteiger partial charge in [-0.15, -0.1) is 21.1 Å². The third-order valence-electron chi connectivity index (χ3n) is 4.62. The van der Waals surface area contributed by atoms with Crippen molar-refractivity contribution in [2.75, 3.05) is 18.0 Å². The van der Waals surface area contributed by atoms with Gasteiger partial charge in [-0.2, -0.15) is 0 Å². The highest BCUT2D eigenvalue weighted by Crippen LogP contribution is 2.39. The van der Waals surface area contributed by atoms with Gasteiger partial charge in [0.05, 0.1) is 24.3 Å². The third kappa shape index (κ3) is 2.92. The zero-order valence-electron chi connectivity index (χ0n) is 14.2. The molecule has 3 heterocycles. The highest BCUT2D eigenvalue weighted by atomic mass is 32.2. The minimum atomic E-state index is -1.39. The standard InChI is InChI=1S/C15H20N6O4S/c1-19-12(17)8(2-3-18-7-22)4-20(19)5-9-6-26-14-10(16)13(23)21(14)11(9)15(24)25/h4,7,10,14,17H,2-3,5-6,16H2,1H3,(H2,18,22,24,25)/t10-,14-/m1/s1. The number of carbonyl (C=O) groups is 3. The highest BCUT2D eigenvalue weighted by Gasteiger charge is 2.50. The van der Waals surface area contributed by atoms with Crippen LogP contribution < -0.4 is 26.6 Å². The van der Waals surface area contributed by atoms with Gasteiger partial charge >= 0.3 is 0 Å². The van der Waals surface area contributed by atoms with E-state index in [-0.39, 0.29) is 17.6 Å². The zero-order valence-corrected chi connectivity index (χ0v) is 15.0. The van der Waals surface area contributed by atoms with E-state index in [0.29, 0.717) is 36.5 Å². The van der Waals surface area contributed by atoms with E-state index < -0.39 is 17.9 Å². The third-order valence-corrected chi connectivity index (χ3v) is 5.99. The van der Waals surface area contributed by atoms with Crippen molar-refractivity contribution in [3.05, 3.63) is 23.0 Å². The average molecular weight is 380 g/mol. The number of carboxylic acids is 1. The van der Waals surface area contributed by atoms with Crippen molar-refractivity contribution >= 4 is 35.9 Å². The van der Waals surface area contributed by atoms with E-state index in [1.807, 2.05) is 6.20 Å². The molecule has 0 aromatic carbocycles. The number of nitrogens with one attached hydrogen (secondary N) is 1. The predicted molar refractivity (Wildman–Crippen MR) is 90.9 cm³/mol. The molecule has 1 aromatic rings. The number of β-lactam (4-membered cyclic amide) rings is 1. The second-order valence-corrected chi connectivity index (χ2v) is 7.26. The molecule has 0 radical (unpaired) electrons. The Bertz CT molecular complexity index is 804. The Morgan fingerprint density at radius 3 is 2.96 bits per heavy atom. The van der Waals surface area contributed by atoms with Crippen LogP contribution in [-0.4, -0.2) is 51.6 Å². The average Bonchev–Trinajstić information content (AvgIpc) is 2.88. The number of anilines is 1. The quantitative estimate of drug-likeness (QED) is 0.192. The Hall–Kier alpha value is -2.53. The molecular weight excluding hydrogens is 360 g/mol. The normalized spacial score (nSPS) is 22.1. The van der Waals surface area contributed by atoms with Crippen LogP contribution >= 0.6 is 11.8 Å². The van der Waals surface area contributed by atoms with E-state index in [0.717, 1.165) is 5.56 Å². The molecule has 2 atom stereocenters. The van der Waals surface area contributed by atoms with Crippen LogP contribution in [-0.2, 0) is 34.4 Å². The number of nitrogen functional groups attached to an aromatic ring is 1. The smallest absolute Gasteiger partial charge is 0.248 e. The number of carbonyl (C=O) groups excluding carboxylic acids is 3. The molecular formula is C15H20N6O4S. The zero-order chi connectivity index (χ0) is 19.0. The van der Waals surface area contributed by atoms with E-state index in [9.17, 15) is 19.5 Å². The topological polar surface area (TPSA) is 150 Å². The van der Waals surface area contributed by atoms with E-state index in [1.54, 1.807) is 16.4 Å². The van der Waals surface area contributed by atoms with Gasteiger partial charge in [-0.3, -0.25) is 14.5 Å². The van der Waals surface area contributed by atoms with Crippen molar-refractivity contribution in [1.29, 1.82) is 0 Å². The monoisotopic (exact) mass is 380 g/mol. The fraction of sp³-hybridized carbons (Fsp3) is 0.467. The number of carboxylic acid groups (broad SMARTS) is 1. The predicted octanol–water partition coefficient (Wildman–Crippen LogP) is -3.57. The minimum Gasteiger partial charge on any atom is -0.543 e. The van der Waals surface area contributed by atoms with Gasteiger partial charge in [-0.05, 0) is 6.42 Å². The summed E-state index contributed by atoms with van der Waals surface area (Å²) in [6, 6.07) is -0.675. The molecule has 0 aliphatic carbocycles. The summed E-state index contributed by atoms with van der Waals surface area (Å²) < 4.78 is 3.48. The second-order valence-electron chi connectivity index (χ2n) is 6.16. The first-order valence-electron chi connectivity index (χ1n) is 8.01. The van der Waals surface area contributed by atoms with E-state index in [4.69, 9.17) is 11.5 Å². The number of nitrogens with zero attached hydrogens (tertiary/aromatic N) is 3. The lowest BCUT2D eigenvalue weighted by molar-refractivity contribution is -0.765. The SMILES string of the molecule is Cn1c(N)c(CCNC=O)c[n+]1CC1=C(C(=O)[O-])N2C(=O)[C@@H](N)[C@H]2SC1. The highest BCUT2D eigenvalue weighted by molar-refractivity contribution is 8.00. The Balaban J connectivity index is 1.87. The summed E-state index contributed by atoms with van der Waals surface area (Å²) in [5, 5.41) is 13.9. The molecule has 5 N–H and O–H groups in total. The summed E-state index contributed by atoms with van der Waals surface area (Å²) in [4.78, 5) is 35.2. The lowest BCUT2D eigenvalue weighted by Crippen LogP contribution is -2.69. The number of aliphatic carboxylic acids is 1. The van der Waals surface area contributed by atoms with E-state index in [1.165, 1.54) is 16.7 Å². The molecule has 11 heteroatoms. The van der Waals surface area contributed by atoms with Gasteiger partial charge < -0.3 is 26.7 Å². The van der Waals surface area contributed by atoms with Gasteiger partial charge in [0.25, 0.3) is 0 Å². The molecule has 0 spiro atoms. The van der Waals surface area contributed by atoms with Gasteiger partial charge in [0.2, 0.25) is 18.5 Å². The summed E-state index contributed by atoms with van der Waals surface area (Å²) in [5.74, 6) is -0.831. The van der Waals surface area contributed by atoms with Gasteiger partial charge in [0.15, 0.2) is 12.4 Å². The molecule has 1 fully saturated rings. The fourth-order valence-corrected chi connectivity index (χ4v) is 4.46. The van der Waals surface area contributed by atoms with Crippen LogP contribution in [0.4, 0.5) is 5.82 Å². The van der Waals surface area contributed by atoms with Crippen molar-refractivity contribution in [1.82, 2.24) is 14.9 Å². The van der Waals surface area contributed by atoms with Crippen molar-refractivity contribution in [2.45, 2.75) is 24.4 Å². The van der Waals surface area contributed by atoms with Crippen LogP contribution in [0, 0.1) is 0 Å². The van der Waals surface area contributed by atoms with Crippen LogP contribution in [0.25, 0.3) is 0 Å². The number of fused-ring (bicyclic) bond motifs is 1. The first-order valence-corrected chi connectivity index (χ1v) is 9.06. The second kappa shape index (κ2) is 7.00. The Morgan fingerprint density at radius 2 is 2.31 bits per heavy atom. The van der Waals surface area contributed by atoms with Crippen LogP contribution in [0.1, 0.15) is 5.56 Å². The molecule has 2 aliphatic rings. The van der Waals surface area contributed by atoms with Gasteiger partial charge in [0, 0.05) is 17.9 Å². The summed E-state index contributed by atoms with van der Waals surface area (Å²) in [6.45, 7) is 0.701. The number of amides is 2. The van der Waals surface area contributed by atoms with E-state index >= 15 is 0 Å². The molecule has 1 aromatic heterocycles. The number of hydrogen-bond acceptors (Lipinski definition) is 7. The summed E-state index contributed by atoms with van der Waals surface area (Å²) in [6.07, 6.45) is 2.98. The van der Waals surface area contributed by atoms with Crippen LogP contribution in [0.5, 0.6) is 0 Å². The van der Waals surface area contributed by atoms with Crippen LogP contribution in [0.3, 0.4) is 0 Å². The van der Waals surface area contributed by atoms with Crippen molar-refractivity contribution in [3.63, 3.8) is 0 Å². The van der Waals surface area contributed by atoms with Crippen molar-refractivity contribution in [2.24, 2.45) is 12.8 Å². The lowest BCUT2D eigenvalue weighted by atomic mass is 10.0. The number of aromatic nitrogens is 2. The first-order chi connectivity index (χ1) is 12.4. The number of thioether (sulfide) groups is 1. The molecule has 0 bridgehead atoms. The maximum atomic E-state index is 12.0. The summed E-state index contributed by atoms with van der Waals surface area (Å²) >= 11 is 1.44. The molecule has 2 amide bonds. The molecule has 26 heavy (non-hydrogen) atoms. The van der Waals surface area contributed by atoms with Gasteiger partial charge in [-0.1, -0.05) is 0 Å². The number of hydrogen-bond donors (Lipinski definition) is 3. The van der Waals surface area contributed by atoms with Gasteiger partial charge in [0.1, 0.15) is 11.4 Å². The maximum absolute atomic E-state index is 12.0. The minimum absolute atomic E-state index is 0.100. The van der Waals surface area contributed by atoms with Crippen molar-refractivity contribution in [3.8, 4) is 0 Å². The molecule has 2 aliphatic heterocycles. The molecule has 3 rings (SSSR count). The Labute approximate surface area is 153 Å². The van der Waals surface area contributed by atoms with Crippen LogP contribution in [0.15, 0.2) is 17.5 Å². The van der Waals surface area contributed by atoms with Gasteiger partial charge in [-0.25, -0.2) is 0 Å². The number of nitrogens with two attached hydrogens (primary N) is 2. The molecule has 140 valence electrons. The maximum Gasteiger partial charge on any atom is 0.248 e. The Morgan fingerprint density at radius 1 is 1.58 bits per heavy atom. The van der Waals surface area contributed by atoms with E-state index in [2.05, 4.69) is 5.32 Å². The summed E-state index contributed by atoms with van der Waals surface area (Å²) in [7, 11) is 1.76. The number of rotatable bonds is 7. The molecule has 10 nitrogen and oxygen atoms in total. The summed E-state index contributed by atoms with van der Waals surface area (Å²) in [5.41, 5.74) is 13.1. The molecule has 0 unspecified atom stereocenters. The first kappa shape index (κ1) is 18.3. The molecule has 1 saturated heterocycles. The van der Waals surface area contributed by atoms with Crippen LogP contribution in [0.2, 0.25) is 0 Å². The fourth-order valence-electron chi connectivity index (χ4n) is 3.17. The lowest BCUT2D eigenvalue weighted by Gasteiger charge is -2.49. The largest absolute Gasteiger partial charge is 0.543 e. The molecule has 0 saturated carbocycles. The van der Waals surface area contributed by atoms with Crippen molar-refractivity contribution < 1.29 is 24.2 Å². The Kier molecular flexibility index (Phi) is 4.92.